The normalized spacial score (nSPS) is 15.2. The highest BCUT2D eigenvalue weighted by Crippen LogP contribution is 2.15. The van der Waals surface area contributed by atoms with E-state index in [0.717, 1.165) is 0 Å². The van der Waals surface area contributed by atoms with Crippen molar-refractivity contribution in [1.82, 2.24) is 0 Å². The molecule has 0 heterocycles. The first-order valence-electron chi connectivity index (χ1n) is 3.45. The summed E-state index contributed by atoms with van der Waals surface area (Å²) in [4.78, 5) is 0.641. The molecule has 3 nitrogen and oxygen atoms in total. The number of hydrogen-bond acceptors (Lipinski definition) is 3. The monoisotopic (exact) mass is 185 g/mol. The summed E-state index contributed by atoms with van der Waals surface area (Å²) >= 11 is 0. The summed E-state index contributed by atoms with van der Waals surface area (Å²) in [6.45, 7) is 0. The molecule has 0 unspecified atom stereocenters. The maximum atomic E-state index is 11.6. The molecule has 0 aromatic heterocycles. The summed E-state index contributed by atoms with van der Waals surface area (Å²) in [5.41, 5.74) is 0. The molecule has 66 valence electrons. The Balaban J connectivity index is 3.24. The van der Waals surface area contributed by atoms with Gasteiger partial charge in [-0.05, 0) is 24.3 Å². The molecule has 1 aromatic rings. The summed E-state index contributed by atoms with van der Waals surface area (Å²) < 4.78 is 15.4. The predicted octanol–water partition coefficient (Wildman–Crippen LogP) is 1.48. The van der Waals surface area contributed by atoms with E-state index in [4.69, 9.17) is 5.11 Å². The standard InChI is InChI=1S/C8H11NO2S/c1-9-12(2,11)8-5-3-7(10)4-6-8/h3-6,10H,1-2H3/t12-/m0/s1. The Morgan fingerprint density at radius 2 is 1.83 bits per heavy atom. The van der Waals surface area contributed by atoms with Crippen LogP contribution in [0.1, 0.15) is 0 Å². The van der Waals surface area contributed by atoms with Gasteiger partial charge in [-0.2, -0.15) is 0 Å². The molecule has 0 amide bonds. The van der Waals surface area contributed by atoms with E-state index in [1.165, 1.54) is 19.2 Å². The van der Waals surface area contributed by atoms with E-state index < -0.39 is 9.73 Å². The van der Waals surface area contributed by atoms with Gasteiger partial charge in [0.1, 0.15) is 5.75 Å². The van der Waals surface area contributed by atoms with Crippen LogP contribution in [-0.4, -0.2) is 22.6 Å². The van der Waals surface area contributed by atoms with Crippen molar-refractivity contribution >= 4 is 9.73 Å². The molecule has 4 heteroatoms. The first-order chi connectivity index (χ1) is 5.56. The van der Waals surface area contributed by atoms with Gasteiger partial charge in [0.05, 0.1) is 9.73 Å². The van der Waals surface area contributed by atoms with Crippen molar-refractivity contribution < 1.29 is 9.32 Å². The highest BCUT2D eigenvalue weighted by atomic mass is 32.2. The van der Waals surface area contributed by atoms with Gasteiger partial charge in [-0.25, -0.2) is 8.57 Å². The second kappa shape index (κ2) is 3.15. The van der Waals surface area contributed by atoms with Gasteiger partial charge in [0.2, 0.25) is 0 Å². The largest absolute Gasteiger partial charge is 0.508 e. The number of benzene rings is 1. The van der Waals surface area contributed by atoms with Crippen LogP contribution in [0.15, 0.2) is 33.5 Å². The molecule has 1 aromatic carbocycles. The van der Waals surface area contributed by atoms with E-state index in [-0.39, 0.29) is 5.75 Å². The van der Waals surface area contributed by atoms with Crippen molar-refractivity contribution in [1.29, 1.82) is 0 Å². The molecule has 0 aliphatic heterocycles. The van der Waals surface area contributed by atoms with Crippen molar-refractivity contribution in [2.45, 2.75) is 4.90 Å². The first kappa shape index (κ1) is 9.06. The van der Waals surface area contributed by atoms with Crippen molar-refractivity contribution in [2.75, 3.05) is 13.3 Å². The van der Waals surface area contributed by atoms with E-state index in [0.29, 0.717) is 4.90 Å². The molecular formula is C8H11NO2S. The highest BCUT2D eigenvalue weighted by molar-refractivity contribution is 7.93. The predicted molar refractivity (Wildman–Crippen MR) is 48.8 cm³/mol. The van der Waals surface area contributed by atoms with Crippen LogP contribution in [0.5, 0.6) is 5.75 Å². The molecule has 0 aliphatic rings. The lowest BCUT2D eigenvalue weighted by Crippen LogP contribution is -1.95. The SMILES string of the molecule is CN=[S@@](C)(=O)c1ccc(O)cc1. The molecule has 0 radical (unpaired) electrons. The van der Waals surface area contributed by atoms with Gasteiger partial charge in [0, 0.05) is 18.2 Å². The van der Waals surface area contributed by atoms with Crippen LogP contribution in [0.25, 0.3) is 0 Å². The second-order valence-electron chi connectivity index (χ2n) is 2.48. The van der Waals surface area contributed by atoms with Gasteiger partial charge >= 0.3 is 0 Å². The lowest BCUT2D eigenvalue weighted by molar-refractivity contribution is 0.475. The fraction of sp³-hybridized carbons (Fsp3) is 0.250. The Kier molecular flexibility index (Phi) is 2.38. The van der Waals surface area contributed by atoms with Gasteiger partial charge in [-0.15, -0.1) is 0 Å². The molecular weight excluding hydrogens is 174 g/mol. The van der Waals surface area contributed by atoms with Crippen molar-refractivity contribution in [3.05, 3.63) is 24.3 Å². The van der Waals surface area contributed by atoms with Crippen LogP contribution < -0.4 is 0 Å². The van der Waals surface area contributed by atoms with Gasteiger partial charge in [-0.1, -0.05) is 0 Å². The number of aromatic hydroxyl groups is 1. The topological polar surface area (TPSA) is 49.7 Å². The molecule has 12 heavy (non-hydrogen) atoms. The molecule has 1 rings (SSSR count). The van der Waals surface area contributed by atoms with Gasteiger partial charge in [0.25, 0.3) is 0 Å². The number of nitrogens with zero attached hydrogens (tertiary/aromatic N) is 1. The molecule has 1 atom stereocenters. The number of hydrogen-bond donors (Lipinski definition) is 1. The van der Waals surface area contributed by atoms with E-state index in [1.807, 2.05) is 0 Å². The number of phenols is 1. The second-order valence-corrected chi connectivity index (χ2v) is 4.92. The average molecular weight is 185 g/mol. The third kappa shape index (κ3) is 1.76. The third-order valence-corrected chi connectivity index (χ3v) is 3.47. The van der Waals surface area contributed by atoms with E-state index in [1.54, 1.807) is 18.4 Å². The zero-order chi connectivity index (χ0) is 9.19. The smallest absolute Gasteiger partial charge is 0.115 e. The Hall–Kier alpha value is -1.03. The Labute approximate surface area is 72.2 Å². The van der Waals surface area contributed by atoms with Crippen LogP contribution in [0.3, 0.4) is 0 Å². The van der Waals surface area contributed by atoms with Gasteiger partial charge < -0.3 is 5.11 Å². The molecule has 0 spiro atoms. The van der Waals surface area contributed by atoms with Crippen molar-refractivity contribution in [3.8, 4) is 5.75 Å². The Morgan fingerprint density at radius 3 is 2.25 bits per heavy atom. The van der Waals surface area contributed by atoms with Crippen LogP contribution in [0.4, 0.5) is 0 Å². The lowest BCUT2D eigenvalue weighted by atomic mass is 10.3. The van der Waals surface area contributed by atoms with Gasteiger partial charge in [-0.3, -0.25) is 0 Å². The minimum Gasteiger partial charge on any atom is -0.508 e. The minimum absolute atomic E-state index is 0.171. The summed E-state index contributed by atoms with van der Waals surface area (Å²) in [6, 6.07) is 6.24. The molecule has 0 saturated heterocycles. The average Bonchev–Trinajstić information content (AvgIpc) is 2.05. The summed E-state index contributed by atoms with van der Waals surface area (Å²) in [7, 11) is -0.728. The number of phenolic OH excluding ortho intramolecular Hbond substituents is 1. The Bertz CT molecular complexity index is 375. The third-order valence-electron chi connectivity index (χ3n) is 1.62. The molecule has 0 bridgehead atoms. The summed E-state index contributed by atoms with van der Waals surface area (Å²) in [5.74, 6) is 0.171. The minimum atomic E-state index is -2.25. The van der Waals surface area contributed by atoms with Crippen LogP contribution >= 0.6 is 0 Å². The lowest BCUT2D eigenvalue weighted by Gasteiger charge is -2.01. The molecule has 0 saturated carbocycles. The molecule has 0 fully saturated rings. The molecule has 0 aliphatic carbocycles. The fourth-order valence-corrected chi connectivity index (χ4v) is 1.66. The summed E-state index contributed by atoms with van der Waals surface area (Å²) in [5, 5.41) is 8.97. The zero-order valence-corrected chi connectivity index (χ0v) is 7.84. The van der Waals surface area contributed by atoms with Crippen molar-refractivity contribution in [2.24, 2.45) is 4.36 Å². The van der Waals surface area contributed by atoms with Crippen LogP contribution in [0, 0.1) is 0 Å². The Morgan fingerprint density at radius 1 is 1.33 bits per heavy atom. The number of rotatable bonds is 1. The van der Waals surface area contributed by atoms with Crippen LogP contribution in [-0.2, 0) is 9.73 Å². The van der Waals surface area contributed by atoms with E-state index >= 15 is 0 Å². The van der Waals surface area contributed by atoms with E-state index in [9.17, 15) is 4.21 Å². The molecule has 1 N–H and O–H groups in total. The van der Waals surface area contributed by atoms with Crippen LogP contribution in [0.2, 0.25) is 0 Å². The quantitative estimate of drug-likeness (QED) is 0.720. The maximum Gasteiger partial charge on any atom is 0.115 e. The fourth-order valence-electron chi connectivity index (χ4n) is 0.804. The van der Waals surface area contributed by atoms with Crippen molar-refractivity contribution in [3.63, 3.8) is 0 Å². The van der Waals surface area contributed by atoms with Gasteiger partial charge in [0.15, 0.2) is 0 Å². The van der Waals surface area contributed by atoms with E-state index in [2.05, 4.69) is 4.36 Å². The highest BCUT2D eigenvalue weighted by Gasteiger charge is 2.02. The first-order valence-corrected chi connectivity index (χ1v) is 5.38. The zero-order valence-electron chi connectivity index (χ0n) is 7.02. The summed E-state index contributed by atoms with van der Waals surface area (Å²) in [6.07, 6.45) is 1.57. The maximum absolute atomic E-state index is 11.6.